The molecule has 0 spiro atoms. The van der Waals surface area contributed by atoms with Crippen LogP contribution in [-0.2, 0) is 27.4 Å². The zero-order valence-corrected chi connectivity index (χ0v) is 16.5. The highest BCUT2D eigenvalue weighted by Gasteiger charge is 2.35. The first kappa shape index (κ1) is 21.7. The minimum Gasteiger partial charge on any atom is -0.326 e. The monoisotopic (exact) mass is 459 g/mol. The van der Waals surface area contributed by atoms with Gasteiger partial charge in [-0.25, -0.2) is 13.6 Å². The first-order valence-electron chi connectivity index (χ1n) is 8.15. The van der Waals surface area contributed by atoms with E-state index in [1.165, 1.54) is 6.07 Å². The van der Waals surface area contributed by atoms with Crippen LogP contribution in [-0.4, -0.2) is 29.3 Å². The van der Waals surface area contributed by atoms with Crippen LogP contribution in [0.3, 0.4) is 0 Å². The lowest BCUT2D eigenvalue weighted by Gasteiger charge is -2.11. The van der Waals surface area contributed by atoms with Gasteiger partial charge in [-0.2, -0.15) is 18.3 Å². The molecule has 0 fully saturated rings. The summed E-state index contributed by atoms with van der Waals surface area (Å²) in [5, 5.41) is 14.7. The maximum Gasteiger partial charge on any atom is 0.436 e. The van der Waals surface area contributed by atoms with Crippen molar-refractivity contribution in [1.82, 2.24) is 15.0 Å². The summed E-state index contributed by atoms with van der Waals surface area (Å²) >= 11 is 6.01. The molecule has 3 N–H and O–H groups in total. The van der Waals surface area contributed by atoms with Gasteiger partial charge in [0.15, 0.2) is 5.69 Å². The number of nitrogens with one attached hydrogen (secondary N) is 1. The van der Waals surface area contributed by atoms with Crippen LogP contribution in [0.1, 0.15) is 11.3 Å². The summed E-state index contributed by atoms with van der Waals surface area (Å²) in [6.45, 7) is 0. The zero-order chi connectivity index (χ0) is 22.1. The smallest absolute Gasteiger partial charge is 0.326 e. The third-order valence-corrected chi connectivity index (χ3v) is 5.17. The number of hydrogen-bond acceptors (Lipinski definition) is 5. The standard InChI is InChI=1S/C17H13ClF3N5O3S/c18-12-4-2-1-3-10(12)7-16(27)24-11-5-6-13(14(8-11)30(22,28)29)26-23-9-15(25-26)17(19,20)21/h1-6,8-9H,7H2,(H,24,27)(H2,22,28,29). The lowest BCUT2D eigenvalue weighted by molar-refractivity contribution is -0.141. The van der Waals surface area contributed by atoms with Gasteiger partial charge < -0.3 is 5.32 Å². The van der Waals surface area contributed by atoms with Crippen LogP contribution in [0.5, 0.6) is 0 Å². The molecule has 8 nitrogen and oxygen atoms in total. The van der Waals surface area contributed by atoms with Gasteiger partial charge in [0, 0.05) is 10.7 Å². The number of carbonyl (C=O) groups excluding carboxylic acids is 1. The second-order valence-corrected chi connectivity index (χ2v) is 8.00. The van der Waals surface area contributed by atoms with Gasteiger partial charge in [0.2, 0.25) is 15.9 Å². The van der Waals surface area contributed by atoms with Crippen LogP contribution in [0.25, 0.3) is 5.69 Å². The molecule has 3 aromatic rings. The minimum absolute atomic E-state index is 0.0584. The van der Waals surface area contributed by atoms with Crippen molar-refractivity contribution in [3.63, 3.8) is 0 Å². The van der Waals surface area contributed by atoms with Gasteiger partial charge >= 0.3 is 6.18 Å². The van der Waals surface area contributed by atoms with E-state index in [4.69, 9.17) is 16.7 Å². The highest BCUT2D eigenvalue weighted by molar-refractivity contribution is 7.89. The molecule has 0 aliphatic carbocycles. The average Bonchev–Trinajstić information content (AvgIpc) is 3.13. The Balaban J connectivity index is 1.91. The maximum atomic E-state index is 12.8. The molecule has 1 aromatic heterocycles. The summed E-state index contributed by atoms with van der Waals surface area (Å²) < 4.78 is 62.2. The number of carbonyl (C=O) groups is 1. The third kappa shape index (κ3) is 4.96. The van der Waals surface area contributed by atoms with E-state index in [-0.39, 0.29) is 17.8 Å². The van der Waals surface area contributed by atoms with Crippen molar-refractivity contribution in [1.29, 1.82) is 0 Å². The van der Waals surface area contributed by atoms with E-state index < -0.39 is 32.7 Å². The van der Waals surface area contributed by atoms with Crippen LogP contribution in [0.15, 0.2) is 53.6 Å². The number of sulfonamides is 1. The van der Waals surface area contributed by atoms with Crippen molar-refractivity contribution >= 4 is 33.2 Å². The summed E-state index contributed by atoms with van der Waals surface area (Å²) in [7, 11) is -4.39. The predicted octanol–water partition coefficient (Wildman–Crippen LogP) is 2.77. The third-order valence-electron chi connectivity index (χ3n) is 3.86. The van der Waals surface area contributed by atoms with E-state index in [1.807, 2.05) is 0 Å². The Bertz CT molecular complexity index is 1210. The molecule has 2 aromatic carbocycles. The van der Waals surface area contributed by atoms with Crippen LogP contribution in [0, 0.1) is 0 Å². The Morgan fingerprint density at radius 1 is 1.20 bits per heavy atom. The Labute approximate surface area is 173 Å². The molecule has 0 atom stereocenters. The molecule has 1 heterocycles. The molecule has 0 saturated heterocycles. The quantitative estimate of drug-likeness (QED) is 0.608. The lowest BCUT2D eigenvalue weighted by Crippen LogP contribution is -2.19. The Morgan fingerprint density at radius 3 is 2.50 bits per heavy atom. The van der Waals surface area contributed by atoms with E-state index in [2.05, 4.69) is 15.5 Å². The molecule has 0 radical (unpaired) electrons. The molecule has 0 unspecified atom stereocenters. The van der Waals surface area contributed by atoms with Gasteiger partial charge in [-0.15, -0.1) is 9.90 Å². The van der Waals surface area contributed by atoms with Gasteiger partial charge in [0.1, 0.15) is 10.6 Å². The first-order valence-corrected chi connectivity index (χ1v) is 10.1. The lowest BCUT2D eigenvalue weighted by atomic mass is 10.1. The number of rotatable bonds is 5. The highest BCUT2D eigenvalue weighted by Crippen LogP contribution is 2.28. The van der Waals surface area contributed by atoms with Gasteiger partial charge in [-0.05, 0) is 29.8 Å². The summed E-state index contributed by atoms with van der Waals surface area (Å²) in [4.78, 5) is 12.2. The van der Waals surface area contributed by atoms with Crippen LogP contribution in [0.4, 0.5) is 18.9 Å². The van der Waals surface area contributed by atoms with Crippen LogP contribution < -0.4 is 10.5 Å². The Kier molecular flexibility index (Phi) is 5.83. The Morgan fingerprint density at radius 2 is 1.90 bits per heavy atom. The molecule has 30 heavy (non-hydrogen) atoms. The predicted molar refractivity (Wildman–Crippen MR) is 102 cm³/mol. The van der Waals surface area contributed by atoms with Crippen molar-refractivity contribution < 1.29 is 26.4 Å². The number of anilines is 1. The number of hydrogen-bond donors (Lipinski definition) is 2. The van der Waals surface area contributed by atoms with E-state index >= 15 is 0 Å². The van der Waals surface area contributed by atoms with E-state index in [0.717, 1.165) is 12.1 Å². The molecule has 0 aliphatic rings. The molecule has 0 saturated carbocycles. The van der Waals surface area contributed by atoms with E-state index in [0.29, 0.717) is 21.6 Å². The van der Waals surface area contributed by atoms with Gasteiger partial charge in [-0.3, -0.25) is 4.79 Å². The molecular weight excluding hydrogens is 447 g/mol. The number of halogens is 4. The van der Waals surface area contributed by atoms with Crippen molar-refractivity contribution in [2.75, 3.05) is 5.32 Å². The number of benzene rings is 2. The number of amides is 1. The molecule has 0 bridgehead atoms. The van der Waals surface area contributed by atoms with Crippen molar-refractivity contribution in [3.8, 4) is 5.69 Å². The molecule has 0 aliphatic heterocycles. The van der Waals surface area contributed by atoms with Crippen molar-refractivity contribution in [2.45, 2.75) is 17.5 Å². The number of alkyl halides is 3. The highest BCUT2D eigenvalue weighted by atomic mass is 35.5. The summed E-state index contributed by atoms with van der Waals surface area (Å²) in [6, 6.07) is 10.1. The maximum absolute atomic E-state index is 12.8. The molecule has 3 rings (SSSR count). The normalized spacial score (nSPS) is 12.0. The SMILES string of the molecule is NS(=O)(=O)c1cc(NC(=O)Cc2ccccc2Cl)ccc1-n1ncc(C(F)(F)F)n1. The molecular formula is C17H13ClF3N5O3S. The summed E-state index contributed by atoms with van der Waals surface area (Å²) in [6.07, 6.45) is -4.39. The van der Waals surface area contributed by atoms with Crippen molar-refractivity contribution in [2.24, 2.45) is 5.14 Å². The van der Waals surface area contributed by atoms with E-state index in [1.54, 1.807) is 24.3 Å². The number of nitrogens with two attached hydrogens (primary N) is 1. The first-order chi connectivity index (χ1) is 13.9. The van der Waals surface area contributed by atoms with E-state index in [9.17, 15) is 26.4 Å². The minimum atomic E-state index is -4.76. The number of primary sulfonamides is 1. The number of nitrogens with zero attached hydrogens (tertiary/aromatic N) is 3. The fourth-order valence-electron chi connectivity index (χ4n) is 2.51. The largest absolute Gasteiger partial charge is 0.436 e. The average molecular weight is 460 g/mol. The summed E-state index contributed by atoms with van der Waals surface area (Å²) in [5.74, 6) is -0.493. The van der Waals surface area contributed by atoms with Gasteiger partial charge in [0.05, 0.1) is 12.6 Å². The second-order valence-electron chi connectivity index (χ2n) is 6.06. The zero-order valence-electron chi connectivity index (χ0n) is 14.9. The fraction of sp³-hybridized carbons (Fsp3) is 0.118. The number of aromatic nitrogens is 3. The Hall–Kier alpha value is -2.96. The topological polar surface area (TPSA) is 120 Å². The van der Waals surface area contributed by atoms with Crippen LogP contribution >= 0.6 is 11.6 Å². The summed E-state index contributed by atoms with van der Waals surface area (Å²) in [5.41, 5.74) is -1.000. The van der Waals surface area contributed by atoms with Gasteiger partial charge in [-0.1, -0.05) is 29.8 Å². The molecule has 13 heteroatoms. The molecule has 1 amide bonds. The molecule has 158 valence electrons. The van der Waals surface area contributed by atoms with Gasteiger partial charge in [0.25, 0.3) is 0 Å². The van der Waals surface area contributed by atoms with Crippen LogP contribution in [0.2, 0.25) is 5.02 Å². The van der Waals surface area contributed by atoms with Crippen molar-refractivity contribution in [3.05, 3.63) is 64.9 Å². The second kappa shape index (κ2) is 8.05. The fourth-order valence-corrected chi connectivity index (χ4v) is 3.45.